The molecule has 0 spiro atoms. The Morgan fingerprint density at radius 2 is 2.20 bits per heavy atom. The van der Waals surface area contributed by atoms with E-state index in [-0.39, 0.29) is 17.9 Å². The summed E-state index contributed by atoms with van der Waals surface area (Å²) in [6.07, 6.45) is -3.24. The third-order valence-corrected chi connectivity index (χ3v) is 3.29. The first kappa shape index (κ1) is 14.1. The van der Waals surface area contributed by atoms with Gasteiger partial charge in [-0.05, 0) is 12.1 Å². The highest BCUT2D eigenvalue weighted by Gasteiger charge is 2.52. The van der Waals surface area contributed by atoms with Crippen molar-refractivity contribution in [3.8, 4) is 6.07 Å². The molecule has 0 radical (unpaired) electrons. The van der Waals surface area contributed by atoms with Gasteiger partial charge < -0.3 is 10.0 Å². The molecule has 0 aromatic carbocycles. The largest absolute Gasteiger partial charge is 0.481 e. The van der Waals surface area contributed by atoms with Gasteiger partial charge in [-0.25, -0.2) is 4.98 Å². The number of halogens is 3. The maximum Gasteiger partial charge on any atom is 0.394 e. The SMILES string of the molecule is N#Cc1ncccc1N1C[C@@H](C(F)(F)F)[C@H](C(=O)O)C1. The highest BCUT2D eigenvalue weighted by Crippen LogP contribution is 2.39. The number of nitriles is 1. The smallest absolute Gasteiger partial charge is 0.394 e. The second kappa shape index (κ2) is 5.00. The second-order valence-electron chi connectivity index (χ2n) is 4.48. The van der Waals surface area contributed by atoms with E-state index in [0.29, 0.717) is 0 Å². The Balaban J connectivity index is 2.33. The number of alkyl halides is 3. The minimum Gasteiger partial charge on any atom is -0.481 e. The number of anilines is 1. The normalized spacial score (nSPS) is 22.6. The Hall–Kier alpha value is -2.30. The molecule has 5 nitrogen and oxygen atoms in total. The van der Waals surface area contributed by atoms with E-state index in [9.17, 15) is 18.0 Å². The first-order valence-electron chi connectivity index (χ1n) is 5.74. The standard InChI is InChI=1S/C12H10F3N3O2/c13-12(14,15)8-6-18(5-7(8)11(19)20)10-2-1-3-17-9(10)4-16/h1-3,7-8H,5-6H2,(H,19,20)/t7-,8-/m1/s1. The third kappa shape index (κ3) is 2.52. The number of hydrogen-bond acceptors (Lipinski definition) is 4. The molecule has 0 aliphatic carbocycles. The predicted molar refractivity (Wildman–Crippen MR) is 61.8 cm³/mol. The number of aliphatic carboxylic acids is 1. The molecule has 0 unspecified atom stereocenters. The van der Waals surface area contributed by atoms with E-state index in [1.165, 1.54) is 23.2 Å². The van der Waals surface area contributed by atoms with Crippen LogP contribution in [0.5, 0.6) is 0 Å². The summed E-state index contributed by atoms with van der Waals surface area (Å²) in [7, 11) is 0. The molecule has 0 amide bonds. The van der Waals surface area contributed by atoms with Crippen LogP contribution in [0.3, 0.4) is 0 Å². The molecule has 1 aromatic rings. The van der Waals surface area contributed by atoms with Gasteiger partial charge in [-0.2, -0.15) is 18.4 Å². The van der Waals surface area contributed by atoms with Gasteiger partial charge in [0.05, 0.1) is 17.5 Å². The van der Waals surface area contributed by atoms with Gasteiger partial charge in [0.15, 0.2) is 5.69 Å². The Morgan fingerprint density at radius 1 is 1.50 bits per heavy atom. The van der Waals surface area contributed by atoms with Crippen molar-refractivity contribution in [1.82, 2.24) is 4.98 Å². The molecule has 2 rings (SSSR count). The van der Waals surface area contributed by atoms with Crippen LogP contribution < -0.4 is 4.90 Å². The fraction of sp³-hybridized carbons (Fsp3) is 0.417. The Morgan fingerprint density at radius 3 is 2.70 bits per heavy atom. The topological polar surface area (TPSA) is 77.2 Å². The first-order chi connectivity index (χ1) is 9.34. The second-order valence-corrected chi connectivity index (χ2v) is 4.48. The van der Waals surface area contributed by atoms with Crippen LogP contribution in [0.1, 0.15) is 5.69 Å². The molecule has 8 heteroatoms. The molecule has 1 saturated heterocycles. The van der Waals surface area contributed by atoms with Crippen LogP contribution >= 0.6 is 0 Å². The highest BCUT2D eigenvalue weighted by molar-refractivity contribution is 5.73. The van der Waals surface area contributed by atoms with Gasteiger partial charge in [0.25, 0.3) is 0 Å². The maximum atomic E-state index is 12.9. The predicted octanol–water partition coefficient (Wildman–Crippen LogP) is 1.65. The van der Waals surface area contributed by atoms with Gasteiger partial charge in [0, 0.05) is 19.3 Å². The summed E-state index contributed by atoms with van der Waals surface area (Å²) in [5.74, 6) is -4.98. The lowest BCUT2D eigenvalue weighted by Crippen LogP contribution is -2.33. The van der Waals surface area contributed by atoms with E-state index in [1.54, 1.807) is 6.07 Å². The lowest BCUT2D eigenvalue weighted by atomic mass is 9.96. The van der Waals surface area contributed by atoms with Gasteiger partial charge in [-0.15, -0.1) is 0 Å². The number of nitrogens with zero attached hydrogens (tertiary/aromatic N) is 3. The summed E-state index contributed by atoms with van der Waals surface area (Å²) in [5.41, 5.74) is 0.215. The van der Waals surface area contributed by atoms with Crippen LogP contribution in [0.25, 0.3) is 0 Å². The van der Waals surface area contributed by atoms with Crippen LogP contribution in [-0.4, -0.2) is 35.3 Å². The molecule has 106 valence electrons. The zero-order valence-corrected chi connectivity index (χ0v) is 10.1. The number of rotatable bonds is 2. The third-order valence-electron chi connectivity index (χ3n) is 3.29. The number of hydrogen-bond donors (Lipinski definition) is 1. The Bertz CT molecular complexity index is 568. The highest BCUT2D eigenvalue weighted by atomic mass is 19.4. The minimum atomic E-state index is -4.59. The summed E-state index contributed by atoms with van der Waals surface area (Å²) in [6.45, 7) is -0.777. The maximum absolute atomic E-state index is 12.9. The van der Waals surface area contributed by atoms with Crippen molar-refractivity contribution in [3.63, 3.8) is 0 Å². The van der Waals surface area contributed by atoms with Crippen molar-refractivity contribution in [2.45, 2.75) is 6.18 Å². The van der Waals surface area contributed by atoms with Crippen molar-refractivity contribution in [2.24, 2.45) is 11.8 Å². The van der Waals surface area contributed by atoms with Crippen LogP contribution in [0.2, 0.25) is 0 Å². The summed E-state index contributed by atoms with van der Waals surface area (Å²) >= 11 is 0. The fourth-order valence-electron chi connectivity index (χ4n) is 2.32. The molecule has 1 aliphatic rings. The summed E-state index contributed by atoms with van der Waals surface area (Å²) in [5, 5.41) is 17.8. The molecular weight excluding hydrogens is 275 g/mol. The summed E-state index contributed by atoms with van der Waals surface area (Å²) < 4.78 is 38.6. The van der Waals surface area contributed by atoms with Crippen molar-refractivity contribution < 1.29 is 23.1 Å². The first-order valence-corrected chi connectivity index (χ1v) is 5.74. The van der Waals surface area contributed by atoms with Crippen LogP contribution in [0.15, 0.2) is 18.3 Å². The van der Waals surface area contributed by atoms with Crippen molar-refractivity contribution in [2.75, 3.05) is 18.0 Å². The van der Waals surface area contributed by atoms with E-state index >= 15 is 0 Å². The number of carbonyl (C=O) groups is 1. The zero-order valence-electron chi connectivity index (χ0n) is 10.1. The van der Waals surface area contributed by atoms with E-state index in [0.717, 1.165) is 0 Å². The molecule has 2 heterocycles. The van der Waals surface area contributed by atoms with Crippen LogP contribution in [0, 0.1) is 23.2 Å². The molecular formula is C12H10F3N3O2. The van der Waals surface area contributed by atoms with E-state index in [1.807, 2.05) is 0 Å². The molecule has 0 bridgehead atoms. The van der Waals surface area contributed by atoms with Gasteiger partial charge in [0.2, 0.25) is 0 Å². The molecule has 0 saturated carbocycles. The molecule has 20 heavy (non-hydrogen) atoms. The van der Waals surface area contributed by atoms with Crippen molar-refractivity contribution in [1.29, 1.82) is 5.26 Å². The lowest BCUT2D eigenvalue weighted by molar-refractivity contribution is -0.187. The van der Waals surface area contributed by atoms with Crippen molar-refractivity contribution in [3.05, 3.63) is 24.0 Å². The number of aromatic nitrogens is 1. The number of pyridine rings is 1. The lowest BCUT2D eigenvalue weighted by Gasteiger charge is -2.20. The van der Waals surface area contributed by atoms with Crippen LogP contribution in [-0.2, 0) is 4.79 Å². The molecule has 1 fully saturated rings. The van der Waals surface area contributed by atoms with Gasteiger partial charge in [-0.1, -0.05) is 0 Å². The quantitative estimate of drug-likeness (QED) is 0.894. The zero-order chi connectivity index (χ0) is 14.9. The summed E-state index contributed by atoms with van der Waals surface area (Å²) in [6, 6.07) is 4.74. The minimum absolute atomic E-state index is 0.0144. The molecule has 2 atom stereocenters. The molecule has 1 aliphatic heterocycles. The van der Waals surface area contributed by atoms with E-state index in [4.69, 9.17) is 10.4 Å². The summed E-state index contributed by atoms with van der Waals surface area (Å²) in [4.78, 5) is 16.0. The Labute approximate surface area is 112 Å². The number of carboxylic acid groups (broad SMARTS) is 1. The van der Waals surface area contributed by atoms with Crippen LogP contribution in [0.4, 0.5) is 18.9 Å². The molecule has 1 aromatic heterocycles. The molecule has 1 N–H and O–H groups in total. The van der Waals surface area contributed by atoms with Gasteiger partial charge in [0.1, 0.15) is 6.07 Å². The fourth-order valence-corrected chi connectivity index (χ4v) is 2.32. The van der Waals surface area contributed by atoms with Gasteiger partial charge in [-0.3, -0.25) is 4.79 Å². The van der Waals surface area contributed by atoms with E-state index in [2.05, 4.69) is 4.98 Å². The monoisotopic (exact) mass is 285 g/mol. The average Bonchev–Trinajstić information content (AvgIpc) is 2.83. The Kier molecular flexibility index (Phi) is 3.53. The van der Waals surface area contributed by atoms with Crippen molar-refractivity contribution >= 4 is 11.7 Å². The van der Waals surface area contributed by atoms with E-state index < -0.39 is 30.5 Å². The average molecular weight is 285 g/mol. The number of carboxylic acids is 1. The van der Waals surface area contributed by atoms with Gasteiger partial charge >= 0.3 is 12.1 Å².